The maximum Gasteiger partial charge on any atom is 2.00 e. The van der Waals surface area contributed by atoms with Crippen molar-refractivity contribution in [2.75, 3.05) is 0 Å². The van der Waals surface area contributed by atoms with Crippen molar-refractivity contribution < 1.29 is 29.3 Å². The zero-order valence-electron chi connectivity index (χ0n) is 2.43. The maximum absolute atomic E-state index is 8.58. The summed E-state index contributed by atoms with van der Waals surface area (Å²) in [4.78, 5) is 0. The van der Waals surface area contributed by atoms with Crippen molar-refractivity contribution in [1.82, 2.24) is 0 Å². The van der Waals surface area contributed by atoms with Gasteiger partial charge in [-0.25, -0.2) is 0 Å². The summed E-state index contributed by atoms with van der Waals surface area (Å²) in [6.45, 7) is 0. The average molecular weight is 197 g/mol. The summed E-state index contributed by atoms with van der Waals surface area (Å²) < 4.78 is 25.8. The van der Waals surface area contributed by atoms with Gasteiger partial charge in [-0.3, -0.25) is 0 Å². The van der Waals surface area contributed by atoms with Crippen LogP contribution in [-0.2, 0) is 21.9 Å². The molecule has 3 nitrogen and oxygen atoms in total. The predicted octanol–water partition coefficient (Wildman–Crippen LogP) is -4.06. The van der Waals surface area contributed by atoms with Crippen LogP contribution in [0.25, 0.3) is 0 Å². The molecule has 6 heavy (non-hydrogen) atoms. The van der Waals surface area contributed by atoms with Crippen LogP contribution < -0.4 is 7.38 Å². The third kappa shape index (κ3) is 37.8. The molecule has 0 spiro atoms. The van der Waals surface area contributed by atoms with Crippen LogP contribution >= 0.6 is 0 Å². The van der Waals surface area contributed by atoms with Gasteiger partial charge in [-0.1, -0.05) is 0 Å². The molecule has 0 radical (unpaired) electrons. The molecule has 0 unspecified atom stereocenters. The molecule has 0 aliphatic carbocycles. The normalized spacial score (nSPS) is 4.33. The summed E-state index contributed by atoms with van der Waals surface area (Å²) in [5, 5.41) is 0. The third-order valence-corrected chi connectivity index (χ3v) is 0. The molecule has 0 amide bonds. The SMILES string of the molecule is B.[O]=[Ti]([O-])[O-].[Sr+2]. The van der Waals surface area contributed by atoms with E-state index < -0.39 is 18.6 Å². The Morgan fingerprint density at radius 1 is 1.33 bits per heavy atom. The average Bonchev–Trinajstić information content (AvgIpc) is 0.811. The standard InChI is InChI=1S/BH3.3O.Sr.Ti/h1H3;;;;;/q;;2*-1;+2;. The minimum atomic E-state index is -4.08. The second kappa shape index (κ2) is 10.1. The summed E-state index contributed by atoms with van der Waals surface area (Å²) in [6.07, 6.45) is 0. The Balaban J connectivity index is -0.0000000450. The van der Waals surface area contributed by atoms with Crippen molar-refractivity contribution in [3.63, 3.8) is 0 Å². The van der Waals surface area contributed by atoms with E-state index in [9.17, 15) is 0 Å². The van der Waals surface area contributed by atoms with Gasteiger partial charge in [0.05, 0.1) is 8.41 Å². The summed E-state index contributed by atoms with van der Waals surface area (Å²) in [7, 11) is 0. The summed E-state index contributed by atoms with van der Waals surface area (Å²) in [5.74, 6) is 0. The van der Waals surface area contributed by atoms with E-state index in [2.05, 4.69) is 0 Å². The molecule has 0 aromatic rings. The molecule has 0 heterocycles. The third-order valence-electron chi connectivity index (χ3n) is 0. The quantitative estimate of drug-likeness (QED) is 0.371. The van der Waals surface area contributed by atoms with E-state index in [0.29, 0.717) is 0 Å². The fourth-order valence-corrected chi connectivity index (χ4v) is 0. The van der Waals surface area contributed by atoms with E-state index in [-0.39, 0.29) is 53.9 Å². The largest absolute Gasteiger partial charge is 2.00 e. The Kier molecular flexibility index (Phi) is 26.3. The molecule has 30 valence electrons. The van der Waals surface area contributed by atoms with Crippen LogP contribution in [0.1, 0.15) is 0 Å². The van der Waals surface area contributed by atoms with E-state index in [0.717, 1.165) is 0 Å². The molecular weight excluding hydrogens is 194 g/mol. The van der Waals surface area contributed by atoms with Gasteiger partial charge in [-0.2, -0.15) is 0 Å². The first-order valence-corrected chi connectivity index (χ1v) is 2.52. The van der Waals surface area contributed by atoms with Crippen molar-refractivity contribution in [2.24, 2.45) is 0 Å². The van der Waals surface area contributed by atoms with Crippen molar-refractivity contribution in [2.45, 2.75) is 0 Å². The molecule has 0 aromatic carbocycles. The Hall–Kier alpha value is 1.98. The van der Waals surface area contributed by atoms with Gasteiger partial charge in [-0.15, -0.1) is 0 Å². The van der Waals surface area contributed by atoms with Gasteiger partial charge in [0, 0.05) is 0 Å². The molecule has 6 heteroatoms. The molecule has 0 saturated heterocycles. The maximum atomic E-state index is 8.58. The molecule has 0 atom stereocenters. The van der Waals surface area contributed by atoms with Gasteiger partial charge in [0.15, 0.2) is 0 Å². The Morgan fingerprint density at radius 3 is 1.33 bits per heavy atom. The van der Waals surface area contributed by atoms with Gasteiger partial charge in [0.25, 0.3) is 0 Å². The van der Waals surface area contributed by atoms with E-state index in [1.807, 2.05) is 0 Å². The van der Waals surface area contributed by atoms with Crippen LogP contribution in [0.4, 0.5) is 0 Å². The van der Waals surface area contributed by atoms with E-state index in [1.54, 1.807) is 0 Å². The molecule has 0 N–H and O–H groups in total. The van der Waals surface area contributed by atoms with Crippen molar-refractivity contribution in [3.05, 3.63) is 0 Å². The van der Waals surface area contributed by atoms with Gasteiger partial charge < -0.3 is 0 Å². The van der Waals surface area contributed by atoms with E-state index >= 15 is 0 Å². The first kappa shape index (κ1) is 15.7. The second-order valence-corrected chi connectivity index (χ2v) is 1.03. The van der Waals surface area contributed by atoms with Crippen LogP contribution in [0.5, 0.6) is 0 Å². The van der Waals surface area contributed by atoms with Crippen LogP contribution in [0.3, 0.4) is 0 Å². The van der Waals surface area contributed by atoms with Crippen molar-refractivity contribution in [3.8, 4) is 0 Å². The summed E-state index contributed by atoms with van der Waals surface area (Å²) in [6, 6.07) is 0. The molecule has 0 fully saturated rings. The molecule has 0 bridgehead atoms. The molecule has 0 aliphatic heterocycles. The number of rotatable bonds is 0. The molecule has 0 saturated carbocycles. The fraction of sp³-hybridized carbons (Fsp3) is 0. The summed E-state index contributed by atoms with van der Waals surface area (Å²) in [5.41, 5.74) is 0. The minimum Gasteiger partial charge on any atom is 2.00 e. The number of hydrogen-bond acceptors (Lipinski definition) is 3. The van der Waals surface area contributed by atoms with Crippen molar-refractivity contribution >= 4 is 53.9 Å². The van der Waals surface area contributed by atoms with Crippen LogP contribution in [0.2, 0.25) is 0 Å². The van der Waals surface area contributed by atoms with Crippen LogP contribution in [0, 0.1) is 0 Å². The van der Waals surface area contributed by atoms with Gasteiger partial charge in [-0.05, 0) is 0 Å². The molecule has 0 aliphatic rings. The number of hydrogen-bond donors (Lipinski definition) is 0. The molecular formula is H3BO3SrTi. The predicted molar refractivity (Wildman–Crippen MR) is 16.4 cm³/mol. The monoisotopic (exact) mass is 198 g/mol. The van der Waals surface area contributed by atoms with Crippen LogP contribution in [0.15, 0.2) is 0 Å². The Labute approximate surface area is 81.7 Å². The fourth-order valence-electron chi connectivity index (χ4n) is 0. The smallest absolute Gasteiger partial charge is 2.00 e. The minimum absolute atomic E-state index is 0. The molecule has 0 rings (SSSR count). The zero-order chi connectivity index (χ0) is 3.58. The van der Waals surface area contributed by atoms with Gasteiger partial charge in [0.2, 0.25) is 0 Å². The first-order valence-electron chi connectivity index (χ1n) is 0.612. The van der Waals surface area contributed by atoms with Crippen molar-refractivity contribution in [1.29, 1.82) is 0 Å². The Morgan fingerprint density at radius 2 is 1.33 bits per heavy atom. The summed E-state index contributed by atoms with van der Waals surface area (Å²) >= 11 is -4.08. The van der Waals surface area contributed by atoms with E-state index in [1.165, 1.54) is 0 Å². The molecule has 0 aromatic heterocycles. The van der Waals surface area contributed by atoms with Crippen LogP contribution in [-0.4, -0.2) is 53.9 Å². The Bertz CT molecular complexity index is 33.8. The second-order valence-electron chi connectivity index (χ2n) is 0.250. The van der Waals surface area contributed by atoms with E-state index in [4.69, 9.17) is 10.7 Å². The van der Waals surface area contributed by atoms with Gasteiger partial charge >= 0.3 is 74.8 Å². The first-order chi connectivity index (χ1) is 1.73. The zero-order valence-corrected chi connectivity index (χ0v) is 7.47. The topological polar surface area (TPSA) is 63.2 Å². The van der Waals surface area contributed by atoms with Gasteiger partial charge in [0.1, 0.15) is 0 Å².